The summed E-state index contributed by atoms with van der Waals surface area (Å²) in [6, 6.07) is 24.0. The zero-order valence-corrected chi connectivity index (χ0v) is 27.8. The highest BCUT2D eigenvalue weighted by Gasteiger charge is 2.24. The molecule has 0 N–H and O–H groups in total. The lowest BCUT2D eigenvalue weighted by Crippen LogP contribution is -2.27. The molecular formula is C35H37N4O7P. The normalized spacial score (nSPS) is 11.6. The Hall–Kier alpha value is -4.96. The zero-order valence-electron chi connectivity index (χ0n) is 27.0. The third-order valence-corrected chi connectivity index (χ3v) is 8.86. The van der Waals surface area contributed by atoms with E-state index in [1.165, 1.54) is 17.8 Å². The largest absolute Gasteiger partial charge is 0.493 e. The molecule has 0 unspecified atom stereocenters. The molecule has 3 aromatic carbocycles. The van der Waals surface area contributed by atoms with Gasteiger partial charge >= 0.3 is 7.60 Å². The van der Waals surface area contributed by atoms with E-state index in [1.807, 2.05) is 67.6 Å². The number of carbonyl (C=O) groups is 1. The minimum atomic E-state index is -3.50. The van der Waals surface area contributed by atoms with E-state index in [2.05, 4.69) is 4.98 Å². The van der Waals surface area contributed by atoms with E-state index in [9.17, 15) is 9.36 Å². The molecule has 0 bridgehead atoms. The van der Waals surface area contributed by atoms with Gasteiger partial charge in [-0.2, -0.15) is 0 Å². The zero-order chi connectivity index (χ0) is 33.4. The number of aryl methyl sites for hydroxylation is 1. The second kappa shape index (κ2) is 15.1. The van der Waals surface area contributed by atoms with Crippen LogP contribution in [0.2, 0.25) is 0 Å². The average molecular weight is 657 g/mol. The fourth-order valence-corrected chi connectivity index (χ4v) is 6.06. The molecule has 2 heterocycles. The van der Waals surface area contributed by atoms with Crippen LogP contribution in [0.15, 0.2) is 95.3 Å². The summed E-state index contributed by atoms with van der Waals surface area (Å²) in [4.78, 5) is 19.8. The van der Waals surface area contributed by atoms with Crippen LogP contribution in [0.5, 0.6) is 11.5 Å². The Morgan fingerprint density at radius 3 is 2.32 bits per heavy atom. The van der Waals surface area contributed by atoms with Gasteiger partial charge in [0.2, 0.25) is 5.89 Å². The molecule has 0 aliphatic rings. The standard InChI is InChI=1S/C35H37N4O7P/c1-6-44-47(41,45-7-2)21-20-28-23-39(29-16-12-9-13-17-29)37-33(28)38(4)35(40)27-18-19-31(32(22-27)42-5)43-24-30-25(3)46-34(36-30)26-14-10-8-11-15-26/h8-23H,6-7,24H2,1-5H3/b21-20+. The van der Waals surface area contributed by atoms with E-state index < -0.39 is 7.60 Å². The van der Waals surface area contributed by atoms with Gasteiger partial charge in [-0.1, -0.05) is 36.4 Å². The van der Waals surface area contributed by atoms with Crippen LogP contribution < -0.4 is 14.4 Å². The number of ether oxygens (including phenoxy) is 2. The second-order valence-corrected chi connectivity index (χ2v) is 12.2. The Balaban J connectivity index is 1.39. The summed E-state index contributed by atoms with van der Waals surface area (Å²) in [6.07, 6.45) is 3.35. The van der Waals surface area contributed by atoms with Crippen molar-refractivity contribution in [1.82, 2.24) is 14.8 Å². The molecule has 0 saturated carbocycles. The van der Waals surface area contributed by atoms with Gasteiger partial charge in [0.15, 0.2) is 17.3 Å². The van der Waals surface area contributed by atoms with Crippen molar-refractivity contribution in [1.29, 1.82) is 0 Å². The van der Waals surface area contributed by atoms with Crippen molar-refractivity contribution in [3.8, 4) is 28.6 Å². The first-order chi connectivity index (χ1) is 22.7. The average Bonchev–Trinajstić information content (AvgIpc) is 3.70. The maximum atomic E-state index is 13.8. The van der Waals surface area contributed by atoms with E-state index in [4.69, 9.17) is 28.0 Å². The monoisotopic (exact) mass is 656 g/mol. The van der Waals surface area contributed by atoms with Crippen LogP contribution in [0, 0.1) is 6.92 Å². The highest BCUT2D eigenvalue weighted by Crippen LogP contribution is 2.50. The number of hydrogen-bond acceptors (Lipinski definition) is 9. The molecule has 1 amide bonds. The van der Waals surface area contributed by atoms with Gasteiger partial charge in [-0.25, -0.2) is 9.67 Å². The molecule has 244 valence electrons. The summed E-state index contributed by atoms with van der Waals surface area (Å²) < 4.78 is 43.1. The number of methoxy groups -OCH3 is 1. The quantitative estimate of drug-likeness (QED) is 0.110. The van der Waals surface area contributed by atoms with Gasteiger partial charge in [0.25, 0.3) is 5.91 Å². The number of amides is 1. The SMILES string of the molecule is CCOP(=O)(/C=C/c1cn(-c2ccccc2)nc1N(C)C(=O)c1ccc(OCc2nc(-c3ccccc3)oc2C)c(OC)c1)OCC. The molecule has 0 aliphatic carbocycles. The van der Waals surface area contributed by atoms with Crippen LogP contribution in [0.25, 0.3) is 23.2 Å². The Bertz CT molecular complexity index is 1880. The molecule has 0 aliphatic heterocycles. The van der Waals surface area contributed by atoms with Crippen molar-refractivity contribution in [2.24, 2.45) is 0 Å². The minimum absolute atomic E-state index is 0.145. The van der Waals surface area contributed by atoms with Gasteiger partial charge in [0, 0.05) is 35.8 Å². The molecule has 0 spiro atoms. The Kier molecular flexibility index (Phi) is 10.7. The molecule has 0 atom stereocenters. The van der Waals surface area contributed by atoms with E-state index in [0.29, 0.717) is 45.8 Å². The molecule has 2 aromatic heterocycles. The lowest BCUT2D eigenvalue weighted by molar-refractivity contribution is 0.0991. The molecular weight excluding hydrogens is 619 g/mol. The molecule has 5 aromatic rings. The summed E-state index contributed by atoms with van der Waals surface area (Å²) in [5.41, 5.74) is 3.19. The lowest BCUT2D eigenvalue weighted by Gasteiger charge is -2.17. The van der Waals surface area contributed by atoms with Gasteiger partial charge in [0.05, 0.1) is 26.0 Å². The molecule has 0 radical (unpaired) electrons. The topological polar surface area (TPSA) is 118 Å². The summed E-state index contributed by atoms with van der Waals surface area (Å²) in [6.45, 7) is 5.89. The van der Waals surface area contributed by atoms with Crippen molar-refractivity contribution in [2.45, 2.75) is 27.4 Å². The number of nitrogens with zero attached hydrogens (tertiary/aromatic N) is 4. The van der Waals surface area contributed by atoms with Crippen LogP contribution in [-0.2, 0) is 20.2 Å². The van der Waals surface area contributed by atoms with Crippen LogP contribution in [0.4, 0.5) is 5.82 Å². The number of aromatic nitrogens is 3. The maximum Gasteiger partial charge on any atom is 0.354 e. The molecule has 11 nitrogen and oxygen atoms in total. The first-order valence-corrected chi connectivity index (χ1v) is 16.7. The smallest absolute Gasteiger partial charge is 0.354 e. The fourth-order valence-electron chi connectivity index (χ4n) is 4.75. The Morgan fingerprint density at radius 2 is 1.66 bits per heavy atom. The number of benzene rings is 3. The first-order valence-electron chi connectivity index (χ1n) is 15.1. The van der Waals surface area contributed by atoms with Crippen molar-refractivity contribution >= 4 is 25.4 Å². The Labute approximate surface area is 273 Å². The first kappa shape index (κ1) is 33.4. The van der Waals surface area contributed by atoms with Crippen molar-refractivity contribution in [2.75, 3.05) is 32.3 Å². The number of anilines is 1. The molecule has 12 heteroatoms. The van der Waals surface area contributed by atoms with Crippen molar-refractivity contribution in [3.05, 3.63) is 113 Å². The van der Waals surface area contributed by atoms with Crippen LogP contribution in [0.3, 0.4) is 0 Å². The summed E-state index contributed by atoms with van der Waals surface area (Å²) in [5, 5.41) is 4.70. The number of oxazole rings is 1. The Morgan fingerprint density at radius 1 is 0.979 bits per heavy atom. The highest BCUT2D eigenvalue weighted by atomic mass is 31.2. The van der Waals surface area contributed by atoms with Crippen molar-refractivity contribution < 1.29 is 32.3 Å². The molecule has 0 fully saturated rings. The highest BCUT2D eigenvalue weighted by molar-refractivity contribution is 7.57. The number of para-hydroxylation sites is 1. The molecule has 5 rings (SSSR count). The summed E-state index contributed by atoms with van der Waals surface area (Å²) in [7, 11) is -0.374. The molecule has 0 saturated heterocycles. The van der Waals surface area contributed by atoms with Crippen molar-refractivity contribution in [3.63, 3.8) is 0 Å². The van der Waals surface area contributed by atoms with E-state index >= 15 is 0 Å². The van der Waals surface area contributed by atoms with Crippen LogP contribution >= 0.6 is 7.60 Å². The van der Waals surface area contributed by atoms with Gasteiger partial charge in [-0.3, -0.25) is 14.3 Å². The summed E-state index contributed by atoms with van der Waals surface area (Å²) in [5.74, 6) is 3.36. The lowest BCUT2D eigenvalue weighted by atomic mass is 10.1. The van der Waals surface area contributed by atoms with E-state index in [-0.39, 0.29) is 25.7 Å². The second-order valence-electron chi connectivity index (χ2n) is 10.3. The number of carbonyl (C=O) groups excluding carboxylic acids is 1. The van der Waals surface area contributed by atoms with Gasteiger partial charge in [-0.05, 0) is 69.3 Å². The van der Waals surface area contributed by atoms with Crippen LogP contribution in [0.1, 0.15) is 41.2 Å². The predicted molar refractivity (Wildman–Crippen MR) is 180 cm³/mol. The third kappa shape index (κ3) is 7.89. The van der Waals surface area contributed by atoms with Crippen LogP contribution in [-0.4, -0.2) is 48.0 Å². The van der Waals surface area contributed by atoms with Gasteiger partial charge < -0.3 is 22.9 Å². The van der Waals surface area contributed by atoms with E-state index in [0.717, 1.165) is 11.3 Å². The summed E-state index contributed by atoms with van der Waals surface area (Å²) >= 11 is 0. The number of hydrogen-bond donors (Lipinski definition) is 0. The minimum Gasteiger partial charge on any atom is -0.493 e. The van der Waals surface area contributed by atoms with Gasteiger partial charge in [0.1, 0.15) is 18.1 Å². The fraction of sp³-hybridized carbons (Fsp3) is 0.229. The number of rotatable bonds is 14. The predicted octanol–water partition coefficient (Wildman–Crippen LogP) is 7.94. The van der Waals surface area contributed by atoms with Gasteiger partial charge in [-0.15, -0.1) is 5.10 Å². The third-order valence-electron chi connectivity index (χ3n) is 7.11. The van der Waals surface area contributed by atoms with E-state index in [1.54, 1.807) is 56.0 Å². The molecule has 47 heavy (non-hydrogen) atoms. The maximum absolute atomic E-state index is 13.8.